The van der Waals surface area contributed by atoms with E-state index in [-0.39, 0.29) is 23.8 Å². The molecule has 0 aliphatic rings. The van der Waals surface area contributed by atoms with E-state index >= 15 is 0 Å². The maximum atomic E-state index is 13.0. The van der Waals surface area contributed by atoms with Crippen molar-refractivity contribution in [2.24, 2.45) is 5.92 Å². The molecule has 162 valence electrons. The Hall–Kier alpha value is -2.86. The van der Waals surface area contributed by atoms with Gasteiger partial charge in [-0.25, -0.2) is 0 Å². The highest BCUT2D eigenvalue weighted by Gasteiger charge is 2.18. The second kappa shape index (κ2) is 10.8. The fourth-order valence-corrected chi connectivity index (χ4v) is 3.04. The summed E-state index contributed by atoms with van der Waals surface area (Å²) < 4.78 is 5.64. The summed E-state index contributed by atoms with van der Waals surface area (Å²) in [6.07, 6.45) is 0. The van der Waals surface area contributed by atoms with Crippen LogP contribution in [-0.4, -0.2) is 37.4 Å². The Morgan fingerprint density at radius 1 is 1.07 bits per heavy atom. The Kier molecular flexibility index (Phi) is 8.42. The third kappa shape index (κ3) is 6.59. The lowest BCUT2D eigenvalue weighted by Gasteiger charge is -2.18. The Bertz CT molecular complexity index is 878. The molecule has 0 heterocycles. The highest BCUT2D eigenvalue weighted by atomic mass is 16.5. The summed E-state index contributed by atoms with van der Waals surface area (Å²) in [5, 5.41) is 5.89. The number of anilines is 1. The molecule has 2 aromatic carbocycles. The van der Waals surface area contributed by atoms with E-state index in [0.29, 0.717) is 23.6 Å². The van der Waals surface area contributed by atoms with Crippen LogP contribution in [0.2, 0.25) is 0 Å². The minimum Gasteiger partial charge on any atom is -0.493 e. The van der Waals surface area contributed by atoms with Crippen LogP contribution in [0.1, 0.15) is 55.2 Å². The van der Waals surface area contributed by atoms with E-state index in [4.69, 9.17) is 4.74 Å². The summed E-state index contributed by atoms with van der Waals surface area (Å²) >= 11 is 0. The molecule has 2 N–H and O–H groups in total. The molecule has 0 radical (unpaired) electrons. The highest BCUT2D eigenvalue weighted by molar-refractivity contribution is 6.00. The number of rotatable bonds is 9. The Morgan fingerprint density at radius 2 is 1.80 bits per heavy atom. The highest BCUT2D eigenvalue weighted by Crippen LogP contribution is 2.25. The predicted molar refractivity (Wildman–Crippen MR) is 121 cm³/mol. The molecule has 0 spiro atoms. The second-order valence-electron chi connectivity index (χ2n) is 7.97. The number of carbonyl (C=O) groups excluding carboxylic acids is 2. The van der Waals surface area contributed by atoms with Gasteiger partial charge in [-0.15, -0.1) is 0 Å². The number of benzene rings is 2. The van der Waals surface area contributed by atoms with Gasteiger partial charge in [-0.3, -0.25) is 9.59 Å². The standard InChI is InChI=1S/C24H33N3O3/c1-7-30-22-12-11-20(26-23(28)16(2)3)14-21(22)24(29)25-17(4)19-10-8-9-18(13-19)15-27(5)6/h8-14,16-17H,7,15H2,1-6H3,(H,25,29)(H,26,28). The summed E-state index contributed by atoms with van der Waals surface area (Å²) in [5.41, 5.74) is 3.19. The molecule has 0 saturated heterocycles. The summed E-state index contributed by atoms with van der Waals surface area (Å²) in [6, 6.07) is 13.1. The van der Waals surface area contributed by atoms with Crippen molar-refractivity contribution < 1.29 is 14.3 Å². The Labute approximate surface area is 179 Å². The number of carbonyl (C=O) groups is 2. The van der Waals surface area contributed by atoms with E-state index in [9.17, 15) is 9.59 Å². The van der Waals surface area contributed by atoms with E-state index in [1.807, 2.05) is 53.9 Å². The fraction of sp³-hybridized carbons (Fsp3) is 0.417. The molecule has 1 unspecified atom stereocenters. The molecular weight excluding hydrogens is 378 g/mol. The van der Waals surface area contributed by atoms with Gasteiger partial charge in [0, 0.05) is 18.2 Å². The van der Waals surface area contributed by atoms with E-state index in [1.165, 1.54) is 5.56 Å². The maximum Gasteiger partial charge on any atom is 0.255 e. The summed E-state index contributed by atoms with van der Waals surface area (Å²) in [5.74, 6) is -0.00406. The van der Waals surface area contributed by atoms with Gasteiger partial charge in [0.15, 0.2) is 0 Å². The predicted octanol–water partition coefficient (Wildman–Crippen LogP) is 4.23. The zero-order valence-corrected chi connectivity index (χ0v) is 18.8. The van der Waals surface area contributed by atoms with Crippen LogP contribution in [0.3, 0.4) is 0 Å². The van der Waals surface area contributed by atoms with E-state index in [0.717, 1.165) is 12.1 Å². The average Bonchev–Trinajstić information content (AvgIpc) is 2.68. The first-order valence-corrected chi connectivity index (χ1v) is 10.3. The number of ether oxygens (including phenoxy) is 1. The quantitative estimate of drug-likeness (QED) is 0.648. The van der Waals surface area contributed by atoms with Crippen molar-refractivity contribution in [3.05, 3.63) is 59.2 Å². The largest absolute Gasteiger partial charge is 0.493 e. The minimum atomic E-state index is -0.246. The van der Waals surface area contributed by atoms with Crippen molar-refractivity contribution in [2.75, 3.05) is 26.0 Å². The third-order valence-corrected chi connectivity index (χ3v) is 4.61. The van der Waals surface area contributed by atoms with Gasteiger partial charge in [0.25, 0.3) is 5.91 Å². The van der Waals surface area contributed by atoms with Crippen LogP contribution in [0.4, 0.5) is 5.69 Å². The van der Waals surface area contributed by atoms with E-state index < -0.39 is 0 Å². The van der Waals surface area contributed by atoms with Crippen LogP contribution in [0.15, 0.2) is 42.5 Å². The van der Waals surface area contributed by atoms with Crippen LogP contribution in [0, 0.1) is 5.92 Å². The van der Waals surface area contributed by atoms with Gasteiger partial charge in [0.2, 0.25) is 5.91 Å². The molecule has 1 atom stereocenters. The van der Waals surface area contributed by atoms with E-state index in [2.05, 4.69) is 27.7 Å². The molecule has 2 amide bonds. The van der Waals surface area contributed by atoms with Crippen molar-refractivity contribution in [2.45, 2.75) is 40.3 Å². The van der Waals surface area contributed by atoms with Crippen molar-refractivity contribution in [3.8, 4) is 5.75 Å². The van der Waals surface area contributed by atoms with Crippen molar-refractivity contribution in [3.63, 3.8) is 0 Å². The van der Waals surface area contributed by atoms with Crippen molar-refractivity contribution in [1.29, 1.82) is 0 Å². The minimum absolute atomic E-state index is 0.100. The van der Waals surface area contributed by atoms with Crippen LogP contribution in [-0.2, 0) is 11.3 Å². The van der Waals surface area contributed by atoms with Gasteiger partial charge in [-0.1, -0.05) is 38.1 Å². The van der Waals surface area contributed by atoms with Gasteiger partial charge >= 0.3 is 0 Å². The molecular formula is C24H33N3O3. The summed E-state index contributed by atoms with van der Waals surface area (Å²) in [4.78, 5) is 27.2. The molecule has 0 aliphatic heterocycles. The molecule has 2 aromatic rings. The zero-order chi connectivity index (χ0) is 22.3. The van der Waals surface area contributed by atoms with Crippen molar-refractivity contribution in [1.82, 2.24) is 10.2 Å². The van der Waals surface area contributed by atoms with Gasteiger partial charge in [-0.05, 0) is 57.3 Å². The number of hydrogen-bond donors (Lipinski definition) is 2. The first-order chi connectivity index (χ1) is 14.2. The van der Waals surface area contributed by atoms with Gasteiger partial charge in [-0.2, -0.15) is 0 Å². The molecule has 6 nitrogen and oxygen atoms in total. The second-order valence-corrected chi connectivity index (χ2v) is 7.97. The first-order valence-electron chi connectivity index (χ1n) is 10.3. The smallest absolute Gasteiger partial charge is 0.255 e. The van der Waals surface area contributed by atoms with Crippen LogP contribution in [0.5, 0.6) is 5.75 Å². The lowest BCUT2D eigenvalue weighted by molar-refractivity contribution is -0.118. The first kappa shape index (κ1) is 23.4. The number of nitrogens with zero attached hydrogens (tertiary/aromatic N) is 1. The lowest BCUT2D eigenvalue weighted by Crippen LogP contribution is -2.27. The SMILES string of the molecule is CCOc1ccc(NC(=O)C(C)C)cc1C(=O)NC(C)c1cccc(CN(C)C)c1. The molecule has 0 bridgehead atoms. The molecule has 30 heavy (non-hydrogen) atoms. The molecule has 0 aromatic heterocycles. The summed E-state index contributed by atoms with van der Waals surface area (Å²) in [7, 11) is 4.05. The third-order valence-electron chi connectivity index (χ3n) is 4.61. The molecule has 2 rings (SSSR count). The monoisotopic (exact) mass is 411 g/mol. The lowest BCUT2D eigenvalue weighted by atomic mass is 10.0. The number of amides is 2. The van der Waals surface area contributed by atoms with Crippen molar-refractivity contribution >= 4 is 17.5 Å². The molecule has 0 saturated carbocycles. The zero-order valence-electron chi connectivity index (χ0n) is 18.8. The Balaban J connectivity index is 2.22. The number of nitrogens with one attached hydrogen (secondary N) is 2. The van der Waals surface area contributed by atoms with Crippen LogP contribution in [0.25, 0.3) is 0 Å². The van der Waals surface area contributed by atoms with Gasteiger partial charge in [0.1, 0.15) is 5.75 Å². The average molecular weight is 412 g/mol. The molecule has 0 fully saturated rings. The topological polar surface area (TPSA) is 70.7 Å². The van der Waals surface area contributed by atoms with Crippen LogP contribution < -0.4 is 15.4 Å². The van der Waals surface area contributed by atoms with Crippen LogP contribution >= 0.6 is 0 Å². The number of hydrogen-bond acceptors (Lipinski definition) is 4. The van der Waals surface area contributed by atoms with E-state index in [1.54, 1.807) is 18.2 Å². The Morgan fingerprint density at radius 3 is 2.43 bits per heavy atom. The summed E-state index contributed by atoms with van der Waals surface area (Å²) in [6.45, 7) is 8.75. The molecule has 0 aliphatic carbocycles. The maximum absolute atomic E-state index is 13.0. The van der Waals surface area contributed by atoms with Gasteiger partial charge < -0.3 is 20.3 Å². The molecule has 6 heteroatoms. The van der Waals surface area contributed by atoms with Gasteiger partial charge in [0.05, 0.1) is 18.2 Å². The fourth-order valence-electron chi connectivity index (χ4n) is 3.04. The normalized spacial score (nSPS) is 12.0.